The number of rotatable bonds is 6. The largest absolute Gasteiger partial charge is 0.370 e. The number of hydrogen-bond donors (Lipinski definition) is 3. The summed E-state index contributed by atoms with van der Waals surface area (Å²) in [6.07, 6.45) is 0.761. The molecule has 2 aromatic heterocycles. The first-order valence-corrected chi connectivity index (χ1v) is 7.70. The fraction of sp³-hybridized carbons (Fsp3) is 0.357. The molecule has 112 valence electrons. The van der Waals surface area contributed by atoms with Gasteiger partial charge in [0.2, 0.25) is 0 Å². The van der Waals surface area contributed by atoms with E-state index in [0.29, 0.717) is 23.6 Å². The molecule has 0 unspecified atom stereocenters. The molecule has 0 aliphatic carbocycles. The Bertz CT molecular complexity index is 678. The van der Waals surface area contributed by atoms with Crippen molar-refractivity contribution >= 4 is 23.1 Å². The molecular formula is C14H18N4O2S. The molecule has 0 saturated carbocycles. The maximum atomic E-state index is 12.2. The summed E-state index contributed by atoms with van der Waals surface area (Å²) in [4.78, 5) is 30.2. The number of hydrogen-bond acceptors (Lipinski definition) is 5. The molecule has 0 atom stereocenters. The van der Waals surface area contributed by atoms with Crippen molar-refractivity contribution in [1.82, 2.24) is 15.3 Å². The van der Waals surface area contributed by atoms with E-state index in [9.17, 15) is 9.59 Å². The first-order valence-electron chi connectivity index (χ1n) is 6.82. The van der Waals surface area contributed by atoms with Crippen molar-refractivity contribution in [3.8, 4) is 0 Å². The lowest BCUT2D eigenvalue weighted by Gasteiger charge is -2.09. The first kappa shape index (κ1) is 15.2. The number of carbonyl (C=O) groups is 1. The number of carbonyl (C=O) groups excluding carboxylic acids is 1. The Kier molecular flexibility index (Phi) is 5.10. The van der Waals surface area contributed by atoms with Crippen LogP contribution < -0.4 is 15.5 Å². The maximum absolute atomic E-state index is 12.2. The molecule has 0 radical (unpaired) electrons. The monoisotopic (exact) mass is 306 g/mol. The highest BCUT2D eigenvalue weighted by Gasteiger charge is 2.09. The fourth-order valence-electron chi connectivity index (χ4n) is 1.85. The van der Waals surface area contributed by atoms with Crippen molar-refractivity contribution in [3.05, 3.63) is 44.1 Å². The van der Waals surface area contributed by atoms with Gasteiger partial charge in [0.25, 0.3) is 5.91 Å². The van der Waals surface area contributed by atoms with E-state index in [1.807, 2.05) is 13.8 Å². The molecule has 0 aromatic carbocycles. The summed E-state index contributed by atoms with van der Waals surface area (Å²) in [5, 5.41) is 7.61. The normalized spacial score (nSPS) is 10.4. The van der Waals surface area contributed by atoms with Gasteiger partial charge >= 0.3 is 4.87 Å². The van der Waals surface area contributed by atoms with E-state index in [-0.39, 0.29) is 10.8 Å². The second-order valence-corrected chi connectivity index (χ2v) is 5.31. The van der Waals surface area contributed by atoms with Crippen LogP contribution in [0, 0.1) is 0 Å². The van der Waals surface area contributed by atoms with E-state index >= 15 is 0 Å². The average molecular weight is 306 g/mol. The van der Waals surface area contributed by atoms with E-state index < -0.39 is 0 Å². The SMILES string of the molecule is CCNc1cc(C(=O)NCc2csc(=O)[nH]2)cc(CC)n1. The van der Waals surface area contributed by atoms with Gasteiger partial charge in [0.15, 0.2) is 0 Å². The lowest BCUT2D eigenvalue weighted by Crippen LogP contribution is -2.23. The Hall–Kier alpha value is -2.15. The summed E-state index contributed by atoms with van der Waals surface area (Å²) in [5.74, 6) is 0.518. The van der Waals surface area contributed by atoms with Gasteiger partial charge in [0, 0.05) is 28.9 Å². The number of aryl methyl sites for hydroxylation is 1. The maximum Gasteiger partial charge on any atom is 0.304 e. The minimum Gasteiger partial charge on any atom is -0.370 e. The number of nitrogens with one attached hydrogen (secondary N) is 3. The molecule has 0 bridgehead atoms. The van der Waals surface area contributed by atoms with Crippen molar-refractivity contribution in [3.63, 3.8) is 0 Å². The number of H-pyrrole nitrogens is 1. The van der Waals surface area contributed by atoms with Crippen molar-refractivity contribution in [2.75, 3.05) is 11.9 Å². The number of aromatic amines is 1. The van der Waals surface area contributed by atoms with Gasteiger partial charge in [-0.2, -0.15) is 0 Å². The third-order valence-corrected chi connectivity index (χ3v) is 3.59. The van der Waals surface area contributed by atoms with Crippen LogP contribution in [0.5, 0.6) is 0 Å². The number of thiazole rings is 1. The van der Waals surface area contributed by atoms with Gasteiger partial charge in [-0.3, -0.25) is 9.59 Å². The predicted molar refractivity (Wildman–Crippen MR) is 83.9 cm³/mol. The Labute approximate surface area is 126 Å². The van der Waals surface area contributed by atoms with Crippen molar-refractivity contribution in [1.29, 1.82) is 0 Å². The van der Waals surface area contributed by atoms with Crippen LogP contribution in [0.4, 0.5) is 5.82 Å². The summed E-state index contributed by atoms with van der Waals surface area (Å²) >= 11 is 1.08. The molecule has 2 aromatic rings. The predicted octanol–water partition coefficient (Wildman–Crippen LogP) is 1.76. The number of amides is 1. The zero-order chi connectivity index (χ0) is 15.2. The Morgan fingerprint density at radius 3 is 2.81 bits per heavy atom. The highest BCUT2D eigenvalue weighted by atomic mass is 32.1. The van der Waals surface area contributed by atoms with Crippen molar-refractivity contribution in [2.24, 2.45) is 0 Å². The van der Waals surface area contributed by atoms with E-state index in [2.05, 4.69) is 20.6 Å². The molecule has 0 saturated heterocycles. The second-order valence-electron chi connectivity index (χ2n) is 4.47. The molecule has 1 amide bonds. The lowest BCUT2D eigenvalue weighted by atomic mass is 10.2. The minimum absolute atomic E-state index is 0.120. The molecule has 0 aliphatic rings. The summed E-state index contributed by atoms with van der Waals surface area (Å²) in [7, 11) is 0. The van der Waals surface area contributed by atoms with Crippen LogP contribution >= 0.6 is 11.3 Å². The average Bonchev–Trinajstić information content (AvgIpc) is 2.90. The topological polar surface area (TPSA) is 86.9 Å². The Balaban J connectivity index is 2.10. The van der Waals surface area contributed by atoms with Crippen LogP contribution in [-0.4, -0.2) is 22.4 Å². The van der Waals surface area contributed by atoms with Gasteiger partial charge in [-0.05, 0) is 25.5 Å². The van der Waals surface area contributed by atoms with E-state index in [1.54, 1.807) is 17.5 Å². The molecule has 0 fully saturated rings. The standard InChI is InChI=1S/C14H18N4O2S/c1-3-10-5-9(6-12(17-10)15-4-2)13(19)16-7-11-8-21-14(20)18-11/h5-6,8H,3-4,7H2,1-2H3,(H,15,17)(H,16,19)(H,18,20). The zero-order valence-corrected chi connectivity index (χ0v) is 12.8. The number of nitrogens with zero attached hydrogens (tertiary/aromatic N) is 1. The molecular weight excluding hydrogens is 288 g/mol. The molecule has 0 spiro atoms. The summed E-state index contributed by atoms with van der Waals surface area (Å²) < 4.78 is 0. The van der Waals surface area contributed by atoms with Gasteiger partial charge in [0.1, 0.15) is 5.82 Å². The van der Waals surface area contributed by atoms with Crippen molar-refractivity contribution in [2.45, 2.75) is 26.8 Å². The third kappa shape index (κ3) is 4.16. The fourth-order valence-corrected chi connectivity index (χ4v) is 2.43. The summed E-state index contributed by atoms with van der Waals surface area (Å²) in [6, 6.07) is 3.51. The van der Waals surface area contributed by atoms with E-state index in [4.69, 9.17) is 0 Å². The van der Waals surface area contributed by atoms with Crippen LogP contribution in [0.15, 0.2) is 22.3 Å². The second kappa shape index (κ2) is 7.03. The van der Waals surface area contributed by atoms with Crippen LogP contribution in [0.25, 0.3) is 0 Å². The van der Waals surface area contributed by atoms with Crippen LogP contribution in [0.1, 0.15) is 35.6 Å². The summed E-state index contributed by atoms with van der Waals surface area (Å²) in [5.41, 5.74) is 2.13. The van der Waals surface area contributed by atoms with Gasteiger partial charge in [-0.1, -0.05) is 18.3 Å². The molecule has 21 heavy (non-hydrogen) atoms. The van der Waals surface area contributed by atoms with Crippen LogP contribution in [-0.2, 0) is 13.0 Å². The summed E-state index contributed by atoms with van der Waals surface area (Å²) in [6.45, 7) is 5.03. The van der Waals surface area contributed by atoms with Crippen molar-refractivity contribution < 1.29 is 4.79 Å². The Morgan fingerprint density at radius 2 is 2.19 bits per heavy atom. The molecule has 7 heteroatoms. The highest BCUT2D eigenvalue weighted by Crippen LogP contribution is 2.11. The van der Waals surface area contributed by atoms with E-state index in [0.717, 1.165) is 30.0 Å². The lowest BCUT2D eigenvalue weighted by molar-refractivity contribution is 0.0950. The first-order chi connectivity index (χ1) is 10.1. The van der Waals surface area contributed by atoms with Crippen LogP contribution in [0.3, 0.4) is 0 Å². The zero-order valence-electron chi connectivity index (χ0n) is 12.0. The molecule has 0 aliphatic heterocycles. The third-order valence-electron chi connectivity index (χ3n) is 2.87. The Morgan fingerprint density at radius 1 is 1.38 bits per heavy atom. The van der Waals surface area contributed by atoms with Gasteiger partial charge in [0.05, 0.1) is 6.54 Å². The molecule has 3 N–H and O–H groups in total. The highest BCUT2D eigenvalue weighted by molar-refractivity contribution is 7.07. The molecule has 2 rings (SSSR count). The smallest absolute Gasteiger partial charge is 0.304 e. The minimum atomic E-state index is -0.182. The van der Waals surface area contributed by atoms with E-state index in [1.165, 1.54) is 0 Å². The quantitative estimate of drug-likeness (QED) is 0.759. The molecule has 2 heterocycles. The molecule has 6 nitrogen and oxygen atoms in total. The number of anilines is 1. The number of aromatic nitrogens is 2. The number of pyridine rings is 1. The van der Waals surface area contributed by atoms with Gasteiger partial charge in [-0.15, -0.1) is 0 Å². The van der Waals surface area contributed by atoms with Gasteiger partial charge < -0.3 is 15.6 Å². The van der Waals surface area contributed by atoms with Crippen LogP contribution in [0.2, 0.25) is 0 Å². The van der Waals surface area contributed by atoms with Gasteiger partial charge in [-0.25, -0.2) is 4.98 Å².